The molecule has 0 aromatic heterocycles. The molecule has 0 fully saturated rings. The highest BCUT2D eigenvalue weighted by molar-refractivity contribution is 5.96. The zero-order valence-corrected chi connectivity index (χ0v) is 11.0. The number of hydrogen-bond donors (Lipinski definition) is 0. The minimum atomic E-state index is -4.81. The average molecular weight is 296 g/mol. The molecule has 2 rings (SSSR count). The van der Waals surface area contributed by atoms with Crippen molar-refractivity contribution in [2.45, 2.75) is 19.0 Å². The Morgan fingerprint density at radius 1 is 0.952 bits per heavy atom. The summed E-state index contributed by atoms with van der Waals surface area (Å²) in [6.07, 6.45) is -4.49. The average Bonchev–Trinajstić information content (AvgIpc) is 2.45. The Hall–Kier alpha value is -2.17. The fourth-order valence-corrected chi connectivity index (χ4v) is 2.00. The van der Waals surface area contributed by atoms with Crippen LogP contribution in [0.4, 0.5) is 17.6 Å². The van der Waals surface area contributed by atoms with E-state index in [1.165, 1.54) is 0 Å². The summed E-state index contributed by atoms with van der Waals surface area (Å²) in [7, 11) is 0. The van der Waals surface area contributed by atoms with Crippen LogP contribution in [0.15, 0.2) is 48.5 Å². The van der Waals surface area contributed by atoms with Crippen molar-refractivity contribution >= 4 is 5.78 Å². The second-order valence-corrected chi connectivity index (χ2v) is 4.57. The minimum absolute atomic E-state index is 0.0394. The fourth-order valence-electron chi connectivity index (χ4n) is 2.00. The van der Waals surface area contributed by atoms with E-state index in [1.807, 2.05) is 6.07 Å². The van der Waals surface area contributed by atoms with Crippen molar-refractivity contribution in [2.24, 2.45) is 0 Å². The first-order valence-corrected chi connectivity index (χ1v) is 6.32. The van der Waals surface area contributed by atoms with E-state index in [0.29, 0.717) is 12.5 Å². The lowest BCUT2D eigenvalue weighted by molar-refractivity contribution is -0.140. The molecule has 2 aromatic rings. The molecule has 0 saturated heterocycles. The summed E-state index contributed by atoms with van der Waals surface area (Å²) >= 11 is 0. The molecule has 5 heteroatoms. The van der Waals surface area contributed by atoms with Gasteiger partial charge in [-0.2, -0.15) is 13.2 Å². The minimum Gasteiger partial charge on any atom is -0.294 e. The van der Waals surface area contributed by atoms with Crippen LogP contribution in [0.25, 0.3) is 0 Å². The van der Waals surface area contributed by atoms with Crippen molar-refractivity contribution in [3.8, 4) is 0 Å². The summed E-state index contributed by atoms with van der Waals surface area (Å²) in [5.41, 5.74) is -1.05. The summed E-state index contributed by atoms with van der Waals surface area (Å²) in [5.74, 6) is -2.13. The fraction of sp³-hybridized carbons (Fsp3) is 0.188. The van der Waals surface area contributed by atoms with Gasteiger partial charge in [0.2, 0.25) is 0 Å². The zero-order valence-electron chi connectivity index (χ0n) is 11.0. The van der Waals surface area contributed by atoms with Gasteiger partial charge < -0.3 is 0 Å². The molecule has 0 atom stereocenters. The van der Waals surface area contributed by atoms with Crippen LogP contribution >= 0.6 is 0 Å². The third kappa shape index (κ3) is 3.68. The summed E-state index contributed by atoms with van der Waals surface area (Å²) in [6, 6.07) is 11.8. The summed E-state index contributed by atoms with van der Waals surface area (Å²) < 4.78 is 51.6. The molecule has 0 radical (unpaired) electrons. The number of carbonyl (C=O) groups excluding carboxylic acids is 1. The van der Waals surface area contributed by atoms with Gasteiger partial charge in [-0.3, -0.25) is 4.79 Å². The van der Waals surface area contributed by atoms with Gasteiger partial charge in [-0.1, -0.05) is 36.4 Å². The van der Waals surface area contributed by atoms with E-state index in [0.717, 1.165) is 17.7 Å². The van der Waals surface area contributed by atoms with Crippen LogP contribution in [0.1, 0.15) is 27.9 Å². The Kier molecular flexibility index (Phi) is 4.40. The first-order valence-electron chi connectivity index (χ1n) is 6.32. The van der Waals surface area contributed by atoms with Gasteiger partial charge in [-0.25, -0.2) is 4.39 Å². The van der Waals surface area contributed by atoms with Crippen molar-refractivity contribution in [3.63, 3.8) is 0 Å². The van der Waals surface area contributed by atoms with E-state index in [-0.39, 0.29) is 6.42 Å². The highest BCUT2D eigenvalue weighted by Crippen LogP contribution is 2.32. The summed E-state index contributed by atoms with van der Waals surface area (Å²) in [5, 5.41) is 0. The number of benzene rings is 2. The van der Waals surface area contributed by atoms with Gasteiger partial charge in [-0.15, -0.1) is 0 Å². The Morgan fingerprint density at radius 2 is 1.62 bits per heavy atom. The van der Waals surface area contributed by atoms with Gasteiger partial charge in [-0.05, 0) is 24.1 Å². The molecule has 0 spiro atoms. The largest absolute Gasteiger partial charge is 0.419 e. The zero-order chi connectivity index (χ0) is 15.5. The van der Waals surface area contributed by atoms with Crippen molar-refractivity contribution in [2.75, 3.05) is 0 Å². The number of aryl methyl sites for hydroxylation is 1. The van der Waals surface area contributed by atoms with Gasteiger partial charge in [0.15, 0.2) is 5.78 Å². The van der Waals surface area contributed by atoms with Crippen molar-refractivity contribution < 1.29 is 22.4 Å². The molecule has 0 bridgehead atoms. The molecule has 0 unspecified atom stereocenters. The molecule has 0 amide bonds. The monoisotopic (exact) mass is 296 g/mol. The molecule has 2 aromatic carbocycles. The lowest BCUT2D eigenvalue weighted by Crippen LogP contribution is -2.12. The molecule has 0 N–H and O–H groups in total. The van der Waals surface area contributed by atoms with Crippen LogP contribution in [0, 0.1) is 5.82 Å². The van der Waals surface area contributed by atoms with E-state index in [4.69, 9.17) is 0 Å². The standard InChI is InChI=1S/C16H12F4O/c17-15-12(7-4-8-13(15)16(18,19)20)14(21)10-9-11-5-2-1-3-6-11/h1-8H,9-10H2. The second-order valence-electron chi connectivity index (χ2n) is 4.57. The Balaban J connectivity index is 2.17. The molecule has 110 valence electrons. The lowest BCUT2D eigenvalue weighted by Gasteiger charge is -2.10. The summed E-state index contributed by atoms with van der Waals surface area (Å²) in [4.78, 5) is 11.9. The third-order valence-electron chi connectivity index (χ3n) is 3.09. The van der Waals surface area contributed by atoms with Crippen molar-refractivity contribution in [1.29, 1.82) is 0 Å². The maximum absolute atomic E-state index is 13.8. The van der Waals surface area contributed by atoms with Crippen LogP contribution in [0.5, 0.6) is 0 Å². The van der Waals surface area contributed by atoms with Crippen molar-refractivity contribution in [3.05, 3.63) is 71.0 Å². The molecule has 0 heterocycles. The predicted molar refractivity (Wildman–Crippen MR) is 70.5 cm³/mol. The number of alkyl halides is 3. The first kappa shape index (κ1) is 15.2. The molecule has 21 heavy (non-hydrogen) atoms. The number of rotatable bonds is 4. The van der Waals surface area contributed by atoms with Crippen LogP contribution in [0.2, 0.25) is 0 Å². The summed E-state index contributed by atoms with van der Waals surface area (Å²) in [6.45, 7) is 0. The number of halogens is 4. The maximum atomic E-state index is 13.8. The SMILES string of the molecule is O=C(CCc1ccccc1)c1cccc(C(F)(F)F)c1F. The molecule has 0 aliphatic carbocycles. The van der Waals surface area contributed by atoms with Crippen molar-refractivity contribution in [1.82, 2.24) is 0 Å². The maximum Gasteiger partial charge on any atom is 0.419 e. The van der Waals surface area contributed by atoms with Gasteiger partial charge in [0.25, 0.3) is 0 Å². The highest BCUT2D eigenvalue weighted by Gasteiger charge is 2.35. The van der Waals surface area contributed by atoms with Crippen LogP contribution in [0.3, 0.4) is 0 Å². The number of ketones is 1. The molecular weight excluding hydrogens is 284 g/mol. The van der Waals surface area contributed by atoms with Gasteiger partial charge in [0.1, 0.15) is 5.82 Å². The molecule has 0 aliphatic rings. The Morgan fingerprint density at radius 3 is 2.24 bits per heavy atom. The van der Waals surface area contributed by atoms with Crippen LogP contribution < -0.4 is 0 Å². The Labute approximate surface area is 119 Å². The van der Waals surface area contributed by atoms with Crippen LogP contribution in [-0.4, -0.2) is 5.78 Å². The lowest BCUT2D eigenvalue weighted by atomic mass is 10.0. The topological polar surface area (TPSA) is 17.1 Å². The first-order chi connectivity index (χ1) is 9.89. The van der Waals surface area contributed by atoms with Gasteiger partial charge in [0.05, 0.1) is 11.1 Å². The molecular formula is C16H12F4O. The van der Waals surface area contributed by atoms with E-state index in [9.17, 15) is 22.4 Å². The van der Waals surface area contributed by atoms with Gasteiger partial charge in [0, 0.05) is 6.42 Å². The van der Waals surface area contributed by atoms with Crippen LogP contribution in [-0.2, 0) is 12.6 Å². The van der Waals surface area contributed by atoms with E-state index in [1.54, 1.807) is 24.3 Å². The quantitative estimate of drug-likeness (QED) is 0.592. The second kappa shape index (κ2) is 6.08. The normalized spacial score (nSPS) is 11.4. The van der Waals surface area contributed by atoms with E-state index < -0.39 is 28.9 Å². The number of hydrogen-bond acceptors (Lipinski definition) is 1. The molecule has 0 saturated carbocycles. The number of Topliss-reactive ketones (excluding diaryl/α,β-unsaturated/α-hetero) is 1. The van der Waals surface area contributed by atoms with E-state index >= 15 is 0 Å². The Bertz CT molecular complexity index is 632. The van der Waals surface area contributed by atoms with E-state index in [2.05, 4.69) is 0 Å². The molecule has 0 aliphatic heterocycles. The highest BCUT2D eigenvalue weighted by atomic mass is 19.4. The van der Waals surface area contributed by atoms with Gasteiger partial charge >= 0.3 is 6.18 Å². The third-order valence-corrected chi connectivity index (χ3v) is 3.09. The smallest absolute Gasteiger partial charge is 0.294 e. The molecule has 1 nitrogen and oxygen atoms in total. The number of carbonyl (C=O) groups is 1. The predicted octanol–water partition coefficient (Wildman–Crippen LogP) is 4.66.